The lowest BCUT2D eigenvalue weighted by atomic mass is 10.1. The average Bonchev–Trinajstić information content (AvgIpc) is 3.16. The number of carbonyl (C=O) groups is 3. The zero-order chi connectivity index (χ0) is 23.2. The molecule has 0 unspecified atom stereocenters. The molecular formula is C26H22N2O5. The van der Waals surface area contributed by atoms with Crippen LogP contribution in [0, 0.1) is 0 Å². The molecule has 1 aliphatic heterocycles. The van der Waals surface area contributed by atoms with Crippen LogP contribution < -0.4 is 10.2 Å². The van der Waals surface area contributed by atoms with E-state index in [1.807, 2.05) is 48.5 Å². The Morgan fingerprint density at radius 3 is 2.36 bits per heavy atom. The van der Waals surface area contributed by atoms with Crippen molar-refractivity contribution >= 4 is 34.6 Å². The Labute approximate surface area is 190 Å². The highest BCUT2D eigenvalue weighted by atomic mass is 16.5. The topological polar surface area (TPSA) is 95.9 Å². The molecule has 0 aliphatic carbocycles. The summed E-state index contributed by atoms with van der Waals surface area (Å²) in [5.74, 6) is -0.540. The fourth-order valence-corrected chi connectivity index (χ4v) is 3.63. The first kappa shape index (κ1) is 22.0. The second-order valence-electron chi connectivity index (χ2n) is 7.54. The standard InChI is InChI=1S/C26H22N2O5/c29-24-12-13-25(30)28(24)17-19(16-18-8-10-21(11-9-18)26(31)27-32)14-15-33-23-7-3-5-20-4-1-2-6-22(20)23/h1-13,16,32H,14-15,17H2,(H,27,31)/b19-16-. The number of imide groups is 1. The number of hydrogen-bond acceptors (Lipinski definition) is 5. The third kappa shape index (κ3) is 5.16. The van der Waals surface area contributed by atoms with Crippen molar-refractivity contribution in [1.82, 2.24) is 10.4 Å². The van der Waals surface area contributed by atoms with Gasteiger partial charge in [0.15, 0.2) is 0 Å². The molecule has 2 N–H and O–H groups in total. The van der Waals surface area contributed by atoms with E-state index in [1.165, 1.54) is 17.1 Å². The maximum atomic E-state index is 12.1. The van der Waals surface area contributed by atoms with Crippen LogP contribution in [-0.4, -0.2) is 41.0 Å². The Morgan fingerprint density at radius 1 is 0.939 bits per heavy atom. The number of fused-ring (bicyclic) bond motifs is 1. The van der Waals surface area contributed by atoms with Crippen LogP contribution in [-0.2, 0) is 9.59 Å². The van der Waals surface area contributed by atoms with Gasteiger partial charge in [0.25, 0.3) is 17.7 Å². The smallest absolute Gasteiger partial charge is 0.274 e. The summed E-state index contributed by atoms with van der Waals surface area (Å²) in [6.07, 6.45) is 4.87. The largest absolute Gasteiger partial charge is 0.493 e. The zero-order valence-corrected chi connectivity index (χ0v) is 17.7. The van der Waals surface area contributed by atoms with Gasteiger partial charge in [0.2, 0.25) is 0 Å². The molecule has 33 heavy (non-hydrogen) atoms. The van der Waals surface area contributed by atoms with Gasteiger partial charge in [0, 0.05) is 29.5 Å². The molecule has 3 aromatic rings. The number of hydroxylamine groups is 1. The molecule has 0 radical (unpaired) electrons. The maximum absolute atomic E-state index is 12.1. The highest BCUT2D eigenvalue weighted by Crippen LogP contribution is 2.26. The van der Waals surface area contributed by atoms with Crippen molar-refractivity contribution in [3.05, 3.63) is 95.6 Å². The van der Waals surface area contributed by atoms with Crippen molar-refractivity contribution in [2.24, 2.45) is 0 Å². The van der Waals surface area contributed by atoms with E-state index in [0.29, 0.717) is 18.6 Å². The summed E-state index contributed by atoms with van der Waals surface area (Å²) in [5, 5.41) is 10.9. The van der Waals surface area contributed by atoms with Crippen LogP contribution in [0.15, 0.2) is 84.5 Å². The quantitative estimate of drug-likeness (QED) is 0.315. The Hall–Kier alpha value is -4.23. The molecule has 0 fully saturated rings. The van der Waals surface area contributed by atoms with Crippen LogP contribution in [0.1, 0.15) is 22.3 Å². The maximum Gasteiger partial charge on any atom is 0.274 e. The minimum absolute atomic E-state index is 0.141. The third-order valence-corrected chi connectivity index (χ3v) is 5.34. The van der Waals surface area contributed by atoms with E-state index in [9.17, 15) is 14.4 Å². The molecule has 7 nitrogen and oxygen atoms in total. The molecule has 0 atom stereocenters. The van der Waals surface area contributed by atoms with Gasteiger partial charge >= 0.3 is 0 Å². The zero-order valence-electron chi connectivity index (χ0n) is 17.7. The van der Waals surface area contributed by atoms with E-state index < -0.39 is 5.91 Å². The molecule has 0 spiro atoms. The number of benzene rings is 3. The lowest BCUT2D eigenvalue weighted by Crippen LogP contribution is -2.32. The molecule has 0 saturated carbocycles. The van der Waals surface area contributed by atoms with E-state index in [-0.39, 0.29) is 18.4 Å². The summed E-state index contributed by atoms with van der Waals surface area (Å²) in [6, 6.07) is 20.4. The Balaban J connectivity index is 1.52. The number of nitrogens with one attached hydrogen (secondary N) is 1. The monoisotopic (exact) mass is 442 g/mol. The molecule has 0 aromatic heterocycles. The first-order valence-corrected chi connectivity index (χ1v) is 10.4. The molecule has 3 amide bonds. The molecule has 1 heterocycles. The van der Waals surface area contributed by atoms with Gasteiger partial charge in [-0.05, 0) is 34.7 Å². The molecular weight excluding hydrogens is 420 g/mol. The molecule has 0 bridgehead atoms. The minimum atomic E-state index is -0.603. The fourth-order valence-electron chi connectivity index (χ4n) is 3.63. The van der Waals surface area contributed by atoms with Gasteiger partial charge < -0.3 is 4.74 Å². The van der Waals surface area contributed by atoms with Crippen molar-refractivity contribution < 1.29 is 24.3 Å². The molecule has 166 valence electrons. The lowest BCUT2D eigenvalue weighted by molar-refractivity contribution is -0.136. The number of amides is 3. The van der Waals surface area contributed by atoms with Gasteiger partial charge in [0.05, 0.1) is 13.2 Å². The minimum Gasteiger partial charge on any atom is -0.493 e. The predicted octanol–water partition coefficient (Wildman–Crippen LogP) is 3.74. The SMILES string of the molecule is O=C(NO)c1ccc(/C=C(/CCOc2cccc3ccccc23)CN2C(=O)C=CC2=O)cc1. The van der Waals surface area contributed by atoms with Crippen LogP contribution in [0.2, 0.25) is 0 Å². The van der Waals surface area contributed by atoms with E-state index in [2.05, 4.69) is 0 Å². The molecule has 1 aliphatic rings. The van der Waals surface area contributed by atoms with Gasteiger partial charge in [-0.25, -0.2) is 5.48 Å². The number of ether oxygens (including phenoxy) is 1. The summed E-state index contributed by atoms with van der Waals surface area (Å²) < 4.78 is 6.05. The highest BCUT2D eigenvalue weighted by molar-refractivity contribution is 6.13. The van der Waals surface area contributed by atoms with E-state index >= 15 is 0 Å². The van der Waals surface area contributed by atoms with Gasteiger partial charge in [0.1, 0.15) is 5.75 Å². The van der Waals surface area contributed by atoms with Crippen LogP contribution in [0.3, 0.4) is 0 Å². The first-order chi connectivity index (χ1) is 16.0. The van der Waals surface area contributed by atoms with Crippen molar-refractivity contribution in [1.29, 1.82) is 0 Å². The van der Waals surface area contributed by atoms with Crippen LogP contribution in [0.5, 0.6) is 5.75 Å². The van der Waals surface area contributed by atoms with Crippen molar-refractivity contribution in [2.75, 3.05) is 13.2 Å². The summed E-state index contributed by atoms with van der Waals surface area (Å²) >= 11 is 0. The lowest BCUT2D eigenvalue weighted by Gasteiger charge is -2.17. The predicted molar refractivity (Wildman–Crippen MR) is 124 cm³/mol. The third-order valence-electron chi connectivity index (χ3n) is 5.34. The van der Waals surface area contributed by atoms with Gasteiger partial charge in [-0.1, -0.05) is 54.6 Å². The molecule has 0 saturated heterocycles. The van der Waals surface area contributed by atoms with Crippen molar-refractivity contribution in [3.63, 3.8) is 0 Å². The second kappa shape index (κ2) is 9.93. The molecule has 7 heteroatoms. The highest BCUT2D eigenvalue weighted by Gasteiger charge is 2.24. The Kier molecular flexibility index (Phi) is 6.61. The summed E-state index contributed by atoms with van der Waals surface area (Å²) in [6.45, 7) is 0.497. The van der Waals surface area contributed by atoms with Crippen LogP contribution >= 0.6 is 0 Å². The van der Waals surface area contributed by atoms with Crippen LogP contribution in [0.4, 0.5) is 0 Å². The summed E-state index contributed by atoms with van der Waals surface area (Å²) in [7, 11) is 0. The first-order valence-electron chi connectivity index (χ1n) is 10.4. The Bertz CT molecular complexity index is 1240. The molecule has 4 rings (SSSR count). The summed E-state index contributed by atoms with van der Waals surface area (Å²) in [4.78, 5) is 36.8. The van der Waals surface area contributed by atoms with Gasteiger partial charge in [-0.15, -0.1) is 0 Å². The van der Waals surface area contributed by atoms with E-state index in [0.717, 1.165) is 27.7 Å². The number of carbonyl (C=O) groups excluding carboxylic acids is 3. The normalized spacial score (nSPS) is 13.6. The van der Waals surface area contributed by atoms with Crippen molar-refractivity contribution in [3.8, 4) is 5.75 Å². The second-order valence-corrected chi connectivity index (χ2v) is 7.54. The fraction of sp³-hybridized carbons (Fsp3) is 0.115. The average molecular weight is 442 g/mol. The number of hydrogen-bond donors (Lipinski definition) is 2. The van der Waals surface area contributed by atoms with Gasteiger partial charge in [-0.3, -0.25) is 24.5 Å². The van der Waals surface area contributed by atoms with E-state index in [4.69, 9.17) is 9.94 Å². The van der Waals surface area contributed by atoms with Crippen molar-refractivity contribution in [2.45, 2.75) is 6.42 Å². The van der Waals surface area contributed by atoms with Crippen LogP contribution in [0.25, 0.3) is 16.8 Å². The van der Waals surface area contributed by atoms with E-state index in [1.54, 1.807) is 29.7 Å². The summed E-state index contributed by atoms with van der Waals surface area (Å²) in [5.41, 5.74) is 3.51. The number of nitrogens with zero attached hydrogens (tertiary/aromatic N) is 1. The number of rotatable bonds is 8. The van der Waals surface area contributed by atoms with Gasteiger partial charge in [-0.2, -0.15) is 0 Å². The Morgan fingerprint density at radius 2 is 1.64 bits per heavy atom. The molecule has 3 aromatic carbocycles.